The van der Waals surface area contributed by atoms with E-state index in [2.05, 4.69) is 0 Å². The molecule has 1 N–H and O–H groups in total. The van der Waals surface area contributed by atoms with E-state index < -0.39 is 17.4 Å². The van der Waals surface area contributed by atoms with E-state index in [4.69, 9.17) is 9.84 Å². The van der Waals surface area contributed by atoms with E-state index in [1.165, 1.54) is 19.2 Å². The molecule has 1 aromatic rings. The van der Waals surface area contributed by atoms with Gasteiger partial charge in [-0.05, 0) is 35.4 Å². The van der Waals surface area contributed by atoms with Crippen molar-refractivity contribution >= 4 is 17.7 Å². The SMILES string of the molecule is COc1ccc(CN2C[C@@H](C)[C@H](C(=O)O)C2)cc1SC(F)(F)F. The minimum atomic E-state index is -4.39. The summed E-state index contributed by atoms with van der Waals surface area (Å²) in [5, 5.41) is 9.14. The smallest absolute Gasteiger partial charge is 0.446 e. The van der Waals surface area contributed by atoms with Crippen molar-refractivity contribution in [2.24, 2.45) is 11.8 Å². The molecule has 0 radical (unpaired) electrons. The Hall–Kier alpha value is -1.41. The Balaban J connectivity index is 2.12. The highest BCUT2D eigenvalue weighted by Gasteiger charge is 2.35. The summed E-state index contributed by atoms with van der Waals surface area (Å²) in [4.78, 5) is 13.1. The minimum absolute atomic E-state index is 0.0135. The molecule has 0 amide bonds. The third kappa shape index (κ3) is 4.78. The molecule has 0 spiro atoms. The third-order valence-electron chi connectivity index (χ3n) is 3.87. The number of rotatable bonds is 5. The molecule has 1 aliphatic heterocycles. The number of likely N-dealkylation sites (tertiary alicyclic amines) is 1. The topological polar surface area (TPSA) is 49.8 Å². The molecule has 0 saturated carbocycles. The van der Waals surface area contributed by atoms with Crippen LogP contribution < -0.4 is 4.74 Å². The van der Waals surface area contributed by atoms with Crippen LogP contribution in [-0.4, -0.2) is 41.7 Å². The Morgan fingerprint density at radius 1 is 1.43 bits per heavy atom. The van der Waals surface area contributed by atoms with Gasteiger partial charge in [0.25, 0.3) is 0 Å². The number of halogens is 3. The van der Waals surface area contributed by atoms with Crippen molar-refractivity contribution in [3.05, 3.63) is 23.8 Å². The molecule has 1 aromatic carbocycles. The zero-order valence-corrected chi connectivity index (χ0v) is 13.6. The molecule has 0 aliphatic carbocycles. The molecule has 2 rings (SSSR count). The predicted molar refractivity (Wildman–Crippen MR) is 80.5 cm³/mol. The van der Waals surface area contributed by atoms with Gasteiger partial charge < -0.3 is 9.84 Å². The normalized spacial score (nSPS) is 22.3. The lowest BCUT2D eigenvalue weighted by Gasteiger charge is -2.17. The average Bonchev–Trinajstić information content (AvgIpc) is 2.78. The number of hydrogen-bond donors (Lipinski definition) is 1. The summed E-state index contributed by atoms with van der Waals surface area (Å²) in [7, 11) is 1.33. The van der Waals surface area contributed by atoms with Gasteiger partial charge in [-0.15, -0.1) is 0 Å². The van der Waals surface area contributed by atoms with Crippen LogP contribution in [0, 0.1) is 11.8 Å². The van der Waals surface area contributed by atoms with Gasteiger partial charge in [0.15, 0.2) is 0 Å². The fourth-order valence-electron chi connectivity index (χ4n) is 2.80. The summed E-state index contributed by atoms with van der Waals surface area (Å²) in [5.74, 6) is -1.07. The highest BCUT2D eigenvalue weighted by atomic mass is 32.2. The Kier molecular flexibility index (Phi) is 5.46. The second kappa shape index (κ2) is 7.00. The number of carbonyl (C=O) groups is 1. The molecule has 23 heavy (non-hydrogen) atoms. The summed E-state index contributed by atoms with van der Waals surface area (Å²) in [6, 6.07) is 4.67. The van der Waals surface area contributed by atoms with Crippen molar-refractivity contribution in [1.29, 1.82) is 0 Å². The maximum absolute atomic E-state index is 12.6. The molecule has 1 aliphatic rings. The number of carboxylic acids is 1. The van der Waals surface area contributed by atoms with Crippen LogP contribution in [0.3, 0.4) is 0 Å². The number of thioether (sulfide) groups is 1. The third-order valence-corrected chi connectivity index (χ3v) is 4.64. The number of nitrogens with zero attached hydrogens (tertiary/aromatic N) is 1. The summed E-state index contributed by atoms with van der Waals surface area (Å²) in [5.41, 5.74) is -3.68. The summed E-state index contributed by atoms with van der Waals surface area (Å²) in [6.45, 7) is 3.32. The van der Waals surface area contributed by atoms with Gasteiger partial charge in [-0.25, -0.2) is 0 Å². The van der Waals surface area contributed by atoms with E-state index >= 15 is 0 Å². The molecular weight excluding hydrogens is 331 g/mol. The second-order valence-corrected chi connectivity index (χ2v) is 6.76. The van der Waals surface area contributed by atoms with Crippen LogP contribution in [0.4, 0.5) is 13.2 Å². The molecule has 0 unspecified atom stereocenters. The molecule has 8 heteroatoms. The standard InChI is InChI=1S/C15H18F3NO3S/c1-9-6-19(8-11(9)14(20)21)7-10-3-4-12(22-2)13(5-10)23-15(16,17)18/h3-5,9,11H,6-8H2,1-2H3,(H,20,21)/t9-,11-/m1/s1. The van der Waals surface area contributed by atoms with Gasteiger partial charge in [0.1, 0.15) is 5.75 Å². The zero-order valence-electron chi connectivity index (χ0n) is 12.8. The molecular formula is C15H18F3NO3S. The first-order chi connectivity index (χ1) is 10.7. The van der Waals surface area contributed by atoms with Gasteiger partial charge in [0, 0.05) is 19.6 Å². The van der Waals surface area contributed by atoms with Gasteiger partial charge in [-0.1, -0.05) is 13.0 Å². The molecule has 1 heterocycles. The van der Waals surface area contributed by atoms with Crippen LogP contribution in [0.1, 0.15) is 12.5 Å². The fraction of sp³-hybridized carbons (Fsp3) is 0.533. The van der Waals surface area contributed by atoms with E-state index in [0.29, 0.717) is 25.2 Å². The number of aliphatic carboxylic acids is 1. The maximum Gasteiger partial charge on any atom is 0.446 e. The second-order valence-electron chi connectivity index (χ2n) is 5.65. The van der Waals surface area contributed by atoms with Gasteiger partial charge in [0.05, 0.1) is 17.9 Å². The van der Waals surface area contributed by atoms with Gasteiger partial charge in [-0.2, -0.15) is 13.2 Å². The van der Waals surface area contributed by atoms with E-state index in [1.54, 1.807) is 6.07 Å². The largest absolute Gasteiger partial charge is 0.496 e. The Labute approximate surface area is 136 Å². The van der Waals surface area contributed by atoms with Crippen LogP contribution in [0.2, 0.25) is 0 Å². The van der Waals surface area contributed by atoms with Crippen molar-refractivity contribution in [1.82, 2.24) is 4.90 Å². The lowest BCUT2D eigenvalue weighted by Crippen LogP contribution is -2.23. The highest BCUT2D eigenvalue weighted by molar-refractivity contribution is 8.00. The molecule has 2 atom stereocenters. The molecule has 0 aromatic heterocycles. The predicted octanol–water partition coefficient (Wildman–Crippen LogP) is 3.46. The van der Waals surface area contributed by atoms with Crippen LogP contribution >= 0.6 is 11.8 Å². The highest BCUT2D eigenvalue weighted by Crippen LogP contribution is 2.42. The molecule has 0 bridgehead atoms. The van der Waals surface area contributed by atoms with Gasteiger partial charge in [0.2, 0.25) is 0 Å². The van der Waals surface area contributed by atoms with Crippen LogP contribution in [0.15, 0.2) is 23.1 Å². The molecule has 1 saturated heterocycles. The van der Waals surface area contributed by atoms with Crippen molar-refractivity contribution < 1.29 is 27.8 Å². The number of alkyl halides is 3. The van der Waals surface area contributed by atoms with E-state index in [-0.39, 0.29) is 28.3 Å². The number of benzene rings is 1. The monoisotopic (exact) mass is 349 g/mol. The average molecular weight is 349 g/mol. The van der Waals surface area contributed by atoms with Gasteiger partial charge in [-0.3, -0.25) is 9.69 Å². The van der Waals surface area contributed by atoms with Crippen molar-refractivity contribution in [3.8, 4) is 5.75 Å². The summed E-state index contributed by atoms with van der Waals surface area (Å²) in [6.07, 6.45) is 0. The van der Waals surface area contributed by atoms with E-state index in [1.807, 2.05) is 11.8 Å². The van der Waals surface area contributed by atoms with E-state index in [9.17, 15) is 18.0 Å². The number of methoxy groups -OCH3 is 1. The lowest BCUT2D eigenvalue weighted by molar-refractivity contribution is -0.142. The first kappa shape index (κ1) is 17.9. The molecule has 128 valence electrons. The van der Waals surface area contributed by atoms with Crippen LogP contribution in [0.25, 0.3) is 0 Å². The zero-order chi connectivity index (χ0) is 17.2. The lowest BCUT2D eigenvalue weighted by atomic mass is 9.99. The maximum atomic E-state index is 12.6. The summed E-state index contributed by atoms with van der Waals surface area (Å²) >= 11 is -0.208. The fourth-order valence-corrected chi connectivity index (χ4v) is 3.51. The Morgan fingerprint density at radius 2 is 2.13 bits per heavy atom. The quantitative estimate of drug-likeness (QED) is 0.825. The Morgan fingerprint density at radius 3 is 2.65 bits per heavy atom. The summed E-state index contributed by atoms with van der Waals surface area (Å²) < 4.78 is 42.8. The van der Waals surface area contributed by atoms with Crippen molar-refractivity contribution in [2.45, 2.75) is 23.9 Å². The van der Waals surface area contributed by atoms with Crippen LogP contribution in [0.5, 0.6) is 5.75 Å². The molecule has 1 fully saturated rings. The molecule has 4 nitrogen and oxygen atoms in total. The number of hydrogen-bond acceptors (Lipinski definition) is 4. The van der Waals surface area contributed by atoms with Crippen LogP contribution in [-0.2, 0) is 11.3 Å². The minimum Gasteiger partial charge on any atom is -0.496 e. The number of carboxylic acid groups (broad SMARTS) is 1. The number of ether oxygens (including phenoxy) is 1. The Bertz CT molecular complexity index is 580. The van der Waals surface area contributed by atoms with Crippen molar-refractivity contribution in [2.75, 3.05) is 20.2 Å². The van der Waals surface area contributed by atoms with E-state index in [0.717, 1.165) is 0 Å². The first-order valence-corrected chi connectivity index (χ1v) is 7.89. The van der Waals surface area contributed by atoms with Crippen molar-refractivity contribution in [3.63, 3.8) is 0 Å². The first-order valence-electron chi connectivity index (χ1n) is 7.07. The van der Waals surface area contributed by atoms with Gasteiger partial charge >= 0.3 is 11.5 Å².